The fraction of sp³-hybridized carbons (Fsp3) is 0.600. The molecule has 0 amide bonds. The van der Waals surface area contributed by atoms with Crippen LogP contribution in [0.4, 0.5) is 0 Å². The van der Waals surface area contributed by atoms with Crippen LogP contribution < -0.4 is 14.8 Å². The number of aliphatic hydroxyl groups excluding tert-OH is 1. The average molecular weight is 300 g/mol. The molecule has 2 N–H and O–H groups in total. The maximum absolute atomic E-state index is 9.96. The van der Waals surface area contributed by atoms with E-state index in [1.807, 2.05) is 12.1 Å². The Bertz CT molecular complexity index is 453. The van der Waals surface area contributed by atoms with Gasteiger partial charge in [-0.15, -0.1) is 0 Å². The van der Waals surface area contributed by atoms with Gasteiger partial charge in [0, 0.05) is 12.6 Å². The third kappa shape index (κ3) is 3.37. The topological polar surface area (TPSA) is 50.7 Å². The van der Waals surface area contributed by atoms with E-state index in [2.05, 4.69) is 5.32 Å². The van der Waals surface area contributed by atoms with Crippen LogP contribution in [0.15, 0.2) is 12.1 Å². The van der Waals surface area contributed by atoms with Crippen molar-refractivity contribution in [2.45, 2.75) is 44.4 Å². The Kier molecular flexibility index (Phi) is 5.52. The lowest BCUT2D eigenvalue weighted by Crippen LogP contribution is -2.41. The second-order valence-electron chi connectivity index (χ2n) is 5.11. The van der Waals surface area contributed by atoms with E-state index in [0.29, 0.717) is 23.1 Å². The van der Waals surface area contributed by atoms with Gasteiger partial charge in [-0.25, -0.2) is 0 Å². The Morgan fingerprint density at radius 2 is 2.00 bits per heavy atom. The Morgan fingerprint density at radius 1 is 1.25 bits per heavy atom. The molecule has 112 valence electrons. The van der Waals surface area contributed by atoms with Crippen LogP contribution in [0.5, 0.6) is 11.5 Å². The Morgan fingerprint density at radius 3 is 2.65 bits per heavy atom. The smallest absolute Gasteiger partial charge is 0.179 e. The van der Waals surface area contributed by atoms with Crippen LogP contribution in [0.3, 0.4) is 0 Å². The standard InChI is InChI=1S/C15H22ClNO3/c1-19-13-8-7-10(14(16)15(13)20-2)9-17-11-5-3-4-6-12(11)18/h7-8,11-12,17-18H,3-6,9H2,1-2H3. The van der Waals surface area contributed by atoms with Gasteiger partial charge in [0.05, 0.1) is 25.3 Å². The summed E-state index contributed by atoms with van der Waals surface area (Å²) >= 11 is 6.34. The normalized spacial score (nSPS) is 22.6. The summed E-state index contributed by atoms with van der Waals surface area (Å²) in [5.74, 6) is 1.18. The van der Waals surface area contributed by atoms with Gasteiger partial charge in [0.1, 0.15) is 0 Å². The number of halogens is 1. The maximum Gasteiger partial charge on any atom is 0.179 e. The van der Waals surface area contributed by atoms with E-state index < -0.39 is 0 Å². The summed E-state index contributed by atoms with van der Waals surface area (Å²) < 4.78 is 10.5. The second kappa shape index (κ2) is 7.16. The molecule has 2 atom stereocenters. The molecule has 0 heterocycles. The first-order valence-corrected chi connectivity index (χ1v) is 7.36. The van der Waals surface area contributed by atoms with Gasteiger partial charge in [0.2, 0.25) is 0 Å². The summed E-state index contributed by atoms with van der Waals surface area (Å²) in [7, 11) is 3.16. The van der Waals surface area contributed by atoms with Crippen molar-refractivity contribution >= 4 is 11.6 Å². The number of aliphatic hydroxyl groups is 1. The Balaban J connectivity index is 2.06. The van der Waals surface area contributed by atoms with E-state index in [0.717, 1.165) is 31.2 Å². The molecule has 1 aromatic carbocycles. The van der Waals surface area contributed by atoms with E-state index in [4.69, 9.17) is 21.1 Å². The molecule has 0 aromatic heterocycles. The zero-order valence-electron chi connectivity index (χ0n) is 12.0. The van der Waals surface area contributed by atoms with Crippen molar-refractivity contribution in [2.75, 3.05) is 14.2 Å². The van der Waals surface area contributed by atoms with Crippen LogP contribution >= 0.6 is 11.6 Å². The first kappa shape index (κ1) is 15.4. The Hall–Kier alpha value is -0.970. The summed E-state index contributed by atoms with van der Waals surface area (Å²) in [5.41, 5.74) is 0.946. The molecule has 0 spiro atoms. The summed E-state index contributed by atoms with van der Waals surface area (Å²) in [4.78, 5) is 0. The number of hydrogen-bond acceptors (Lipinski definition) is 4. The number of hydrogen-bond donors (Lipinski definition) is 2. The van der Waals surface area contributed by atoms with Gasteiger partial charge in [0.25, 0.3) is 0 Å². The van der Waals surface area contributed by atoms with Crippen LogP contribution in [-0.4, -0.2) is 31.5 Å². The minimum absolute atomic E-state index is 0.146. The first-order valence-electron chi connectivity index (χ1n) is 6.98. The van der Waals surface area contributed by atoms with Gasteiger partial charge < -0.3 is 19.9 Å². The van der Waals surface area contributed by atoms with Crippen LogP contribution in [-0.2, 0) is 6.54 Å². The molecule has 1 fully saturated rings. The highest BCUT2D eigenvalue weighted by atomic mass is 35.5. The van der Waals surface area contributed by atoms with Crippen molar-refractivity contribution in [1.82, 2.24) is 5.32 Å². The van der Waals surface area contributed by atoms with Crippen molar-refractivity contribution in [3.8, 4) is 11.5 Å². The first-order chi connectivity index (χ1) is 9.67. The number of benzene rings is 1. The fourth-order valence-corrected chi connectivity index (χ4v) is 2.96. The highest BCUT2D eigenvalue weighted by Gasteiger charge is 2.23. The molecule has 0 radical (unpaired) electrons. The summed E-state index contributed by atoms with van der Waals surface area (Å²) in [6.45, 7) is 0.612. The molecule has 1 aromatic rings. The molecule has 0 saturated heterocycles. The Labute approximate surface area is 125 Å². The molecule has 1 saturated carbocycles. The van der Waals surface area contributed by atoms with Crippen molar-refractivity contribution < 1.29 is 14.6 Å². The predicted molar refractivity (Wildman–Crippen MR) is 79.7 cm³/mol. The van der Waals surface area contributed by atoms with Crippen LogP contribution in [0.1, 0.15) is 31.2 Å². The lowest BCUT2D eigenvalue weighted by molar-refractivity contribution is 0.0902. The summed E-state index contributed by atoms with van der Waals surface area (Å²) in [6, 6.07) is 3.91. The van der Waals surface area contributed by atoms with Crippen LogP contribution in [0.25, 0.3) is 0 Å². The molecule has 20 heavy (non-hydrogen) atoms. The SMILES string of the molecule is COc1ccc(CNC2CCCCC2O)c(Cl)c1OC. The zero-order chi connectivity index (χ0) is 14.5. The van der Waals surface area contributed by atoms with Gasteiger partial charge in [0.15, 0.2) is 11.5 Å². The van der Waals surface area contributed by atoms with E-state index >= 15 is 0 Å². The number of methoxy groups -OCH3 is 2. The van der Waals surface area contributed by atoms with Crippen molar-refractivity contribution in [3.63, 3.8) is 0 Å². The highest BCUT2D eigenvalue weighted by Crippen LogP contribution is 2.37. The third-order valence-electron chi connectivity index (χ3n) is 3.85. The molecular weight excluding hydrogens is 278 g/mol. The fourth-order valence-electron chi connectivity index (χ4n) is 2.66. The highest BCUT2D eigenvalue weighted by molar-refractivity contribution is 6.33. The van der Waals surface area contributed by atoms with Crippen molar-refractivity contribution in [3.05, 3.63) is 22.7 Å². The van der Waals surface area contributed by atoms with Gasteiger partial charge >= 0.3 is 0 Å². The van der Waals surface area contributed by atoms with Crippen LogP contribution in [0, 0.1) is 0 Å². The monoisotopic (exact) mass is 299 g/mol. The molecule has 2 rings (SSSR count). The molecule has 0 aliphatic heterocycles. The average Bonchev–Trinajstić information content (AvgIpc) is 2.47. The van der Waals surface area contributed by atoms with Crippen LogP contribution in [0.2, 0.25) is 5.02 Å². The minimum Gasteiger partial charge on any atom is -0.493 e. The number of rotatable bonds is 5. The quantitative estimate of drug-likeness (QED) is 0.878. The molecule has 1 aliphatic carbocycles. The van der Waals surface area contributed by atoms with Crippen molar-refractivity contribution in [1.29, 1.82) is 0 Å². The summed E-state index contributed by atoms with van der Waals surface area (Å²) in [6.07, 6.45) is 3.89. The van der Waals surface area contributed by atoms with Gasteiger partial charge in [-0.2, -0.15) is 0 Å². The molecule has 0 bridgehead atoms. The number of ether oxygens (including phenoxy) is 2. The summed E-state index contributed by atoms with van der Waals surface area (Å²) in [5, 5.41) is 13.9. The molecule has 2 unspecified atom stereocenters. The maximum atomic E-state index is 9.96. The van der Waals surface area contributed by atoms with E-state index in [1.54, 1.807) is 14.2 Å². The molecule has 1 aliphatic rings. The largest absolute Gasteiger partial charge is 0.493 e. The molecule has 4 nitrogen and oxygen atoms in total. The molecular formula is C15H22ClNO3. The van der Waals surface area contributed by atoms with E-state index in [9.17, 15) is 5.11 Å². The van der Waals surface area contributed by atoms with Crippen molar-refractivity contribution in [2.24, 2.45) is 0 Å². The lowest BCUT2D eigenvalue weighted by atomic mass is 9.92. The predicted octanol–water partition coefficient (Wildman–Crippen LogP) is 2.75. The molecule has 5 heteroatoms. The van der Waals surface area contributed by atoms with Gasteiger partial charge in [-0.3, -0.25) is 0 Å². The lowest BCUT2D eigenvalue weighted by Gasteiger charge is -2.28. The second-order valence-corrected chi connectivity index (χ2v) is 5.49. The number of nitrogens with one attached hydrogen (secondary N) is 1. The van der Waals surface area contributed by atoms with Gasteiger partial charge in [-0.1, -0.05) is 30.5 Å². The minimum atomic E-state index is -0.261. The van der Waals surface area contributed by atoms with Gasteiger partial charge in [-0.05, 0) is 24.5 Å². The van der Waals surface area contributed by atoms with E-state index in [1.165, 1.54) is 0 Å². The zero-order valence-corrected chi connectivity index (χ0v) is 12.7. The third-order valence-corrected chi connectivity index (χ3v) is 4.26. The van der Waals surface area contributed by atoms with E-state index in [-0.39, 0.29) is 12.1 Å².